The van der Waals surface area contributed by atoms with Gasteiger partial charge in [0.25, 0.3) is 0 Å². The van der Waals surface area contributed by atoms with Gasteiger partial charge in [0.15, 0.2) is 0 Å². The van der Waals surface area contributed by atoms with Crippen molar-refractivity contribution in [2.75, 3.05) is 33.9 Å². The highest BCUT2D eigenvalue weighted by atomic mass is 16.6. The molecular weight excluding hydrogens is 686 g/mol. The molecule has 2 aromatic carbocycles. The van der Waals surface area contributed by atoms with Crippen molar-refractivity contribution in [1.82, 2.24) is 30.4 Å². The van der Waals surface area contributed by atoms with Crippen LogP contribution in [0.25, 0.3) is 22.4 Å². The number of methoxy groups -OCH3 is 2. The molecule has 0 spiro atoms. The number of hydrogen-bond donors (Lipinski definition) is 3. The van der Waals surface area contributed by atoms with E-state index in [1.54, 1.807) is 12.0 Å². The van der Waals surface area contributed by atoms with Gasteiger partial charge in [-0.15, -0.1) is 0 Å². The van der Waals surface area contributed by atoms with Gasteiger partial charge in [0, 0.05) is 25.6 Å². The molecule has 3 aliphatic heterocycles. The Balaban J connectivity index is 1.09. The van der Waals surface area contributed by atoms with Crippen molar-refractivity contribution in [2.45, 2.75) is 96.6 Å². The van der Waals surface area contributed by atoms with E-state index in [-0.39, 0.29) is 48.0 Å². The quantitative estimate of drug-likeness (QED) is 0.214. The van der Waals surface area contributed by atoms with Gasteiger partial charge in [-0.25, -0.2) is 14.6 Å². The summed E-state index contributed by atoms with van der Waals surface area (Å²) in [6.45, 7) is 13.2. The fourth-order valence-electron chi connectivity index (χ4n) is 7.80. The molecular formula is C41H55N7O6. The van der Waals surface area contributed by atoms with E-state index in [1.165, 1.54) is 7.11 Å². The second-order valence-electron chi connectivity index (χ2n) is 16.1. The average Bonchev–Trinajstić information content (AvgIpc) is 3.96. The molecule has 6 rings (SSSR count). The number of nitrogens with one attached hydrogen (secondary N) is 3. The largest absolute Gasteiger partial charge is 0.453 e. The summed E-state index contributed by atoms with van der Waals surface area (Å²) in [5.74, 6) is 1.54. The molecule has 3 N–H and O–H groups in total. The Bertz CT molecular complexity index is 1820. The van der Waals surface area contributed by atoms with Gasteiger partial charge in [-0.05, 0) is 75.1 Å². The molecule has 0 saturated carbocycles. The molecule has 4 heterocycles. The van der Waals surface area contributed by atoms with Crippen LogP contribution in [0.3, 0.4) is 0 Å². The number of hydrogen-bond acceptors (Lipinski definition) is 9. The standard InChI is InChI=1S/C41H55N7O6/c1-24(2)35(46-39(50)53-8)38(49)48-25(3)9-18-33(48)36-42-20-31(44-36)29-14-10-27(11-15-29)28-12-16-30(17-13-28)32-21-43-37(45-32)34-19-26(23-52-7)22-47(34)40(51)54-41(4,5)6/h10-17,21,24-26,31,33-35H,9,18-20,22-23H2,1-8H3,(H,42,44)(H,43,45)(H,46,50)/t25-,26-,31?,33-,34-,35-/m0/s1. The molecule has 1 aromatic heterocycles. The second kappa shape index (κ2) is 16.2. The lowest BCUT2D eigenvalue weighted by Gasteiger charge is -2.34. The fourth-order valence-corrected chi connectivity index (χ4v) is 7.80. The van der Waals surface area contributed by atoms with Gasteiger partial charge in [0.2, 0.25) is 5.91 Å². The smallest absolute Gasteiger partial charge is 0.410 e. The van der Waals surface area contributed by atoms with Crippen LogP contribution in [0.2, 0.25) is 0 Å². The van der Waals surface area contributed by atoms with Crippen LogP contribution in [-0.4, -0.2) is 101 Å². The van der Waals surface area contributed by atoms with Crippen LogP contribution in [0.5, 0.6) is 0 Å². The zero-order valence-corrected chi connectivity index (χ0v) is 32.7. The Labute approximate surface area is 318 Å². The van der Waals surface area contributed by atoms with Gasteiger partial charge in [-0.3, -0.25) is 14.7 Å². The molecule has 6 atom stereocenters. The summed E-state index contributed by atoms with van der Waals surface area (Å²) in [5, 5.41) is 6.34. The maximum Gasteiger partial charge on any atom is 0.410 e. The number of carbonyl (C=O) groups is 3. The van der Waals surface area contributed by atoms with Crippen LogP contribution in [0.1, 0.15) is 84.3 Å². The monoisotopic (exact) mass is 741 g/mol. The van der Waals surface area contributed by atoms with E-state index in [9.17, 15) is 14.4 Å². The maximum atomic E-state index is 13.7. The number of imidazole rings is 1. The molecule has 2 fully saturated rings. The third kappa shape index (κ3) is 8.56. The third-order valence-electron chi connectivity index (χ3n) is 10.6. The molecule has 0 radical (unpaired) electrons. The van der Waals surface area contributed by atoms with Gasteiger partial charge in [0.05, 0.1) is 50.3 Å². The van der Waals surface area contributed by atoms with Crippen LogP contribution in [-0.2, 0) is 19.0 Å². The minimum atomic E-state index is -0.681. The summed E-state index contributed by atoms with van der Waals surface area (Å²) in [6.07, 6.45) is 3.28. The molecule has 0 aliphatic carbocycles. The molecule has 3 amide bonds. The average molecular weight is 742 g/mol. The van der Waals surface area contributed by atoms with Gasteiger partial charge in [-0.2, -0.15) is 0 Å². The number of ether oxygens (including phenoxy) is 3. The molecule has 13 nitrogen and oxygen atoms in total. The van der Waals surface area contributed by atoms with E-state index >= 15 is 0 Å². The number of alkyl carbamates (subject to hydrolysis) is 1. The van der Waals surface area contributed by atoms with Crippen molar-refractivity contribution in [3.05, 3.63) is 66.1 Å². The molecule has 3 aromatic rings. The summed E-state index contributed by atoms with van der Waals surface area (Å²) in [7, 11) is 2.98. The molecule has 13 heteroatoms. The van der Waals surface area contributed by atoms with Crippen molar-refractivity contribution in [2.24, 2.45) is 16.8 Å². The Morgan fingerprint density at radius 2 is 1.63 bits per heavy atom. The number of aromatic nitrogens is 2. The number of aliphatic imine (C=N–C) groups is 1. The molecule has 0 bridgehead atoms. The van der Waals surface area contributed by atoms with Crippen LogP contribution < -0.4 is 10.6 Å². The number of benzene rings is 2. The van der Waals surface area contributed by atoms with Crippen molar-refractivity contribution in [1.29, 1.82) is 0 Å². The highest BCUT2D eigenvalue weighted by Gasteiger charge is 2.43. The van der Waals surface area contributed by atoms with E-state index in [2.05, 4.69) is 64.1 Å². The van der Waals surface area contributed by atoms with Crippen LogP contribution in [0.4, 0.5) is 9.59 Å². The summed E-state index contributed by atoms with van der Waals surface area (Å²) >= 11 is 0. The number of H-pyrrole nitrogens is 1. The number of nitrogens with zero attached hydrogens (tertiary/aromatic N) is 4. The Kier molecular flexibility index (Phi) is 11.7. The predicted molar refractivity (Wildman–Crippen MR) is 207 cm³/mol. The number of carbonyl (C=O) groups excluding carboxylic acids is 3. The third-order valence-corrected chi connectivity index (χ3v) is 10.6. The first-order valence-corrected chi connectivity index (χ1v) is 19.0. The Hall–Kier alpha value is -4.91. The Morgan fingerprint density at radius 1 is 0.963 bits per heavy atom. The SMILES string of the molecule is COC[C@H]1C[C@@H](c2ncc(-c3ccc(-c4ccc(C5CN=C([C@@H]6CC[C@H](C)N6C(=O)[C@@H](NC(=O)OC)C(C)C)N5)cc4)cc3)[nH]2)N(C(=O)OC(C)(C)C)C1. The van der Waals surface area contributed by atoms with Crippen molar-refractivity contribution in [3.8, 4) is 22.4 Å². The summed E-state index contributed by atoms with van der Waals surface area (Å²) in [6, 6.07) is 15.8. The van der Waals surface area contributed by atoms with Crippen LogP contribution in [0, 0.1) is 11.8 Å². The van der Waals surface area contributed by atoms with E-state index in [0.717, 1.165) is 58.9 Å². The number of aromatic amines is 1. The lowest BCUT2D eigenvalue weighted by Crippen LogP contribution is -2.56. The number of amidine groups is 1. The van der Waals surface area contributed by atoms with Gasteiger partial charge in [-0.1, -0.05) is 62.4 Å². The fraction of sp³-hybridized carbons (Fsp3) is 0.537. The van der Waals surface area contributed by atoms with E-state index in [0.29, 0.717) is 19.7 Å². The molecule has 290 valence electrons. The summed E-state index contributed by atoms with van der Waals surface area (Å²) < 4.78 is 15.9. The summed E-state index contributed by atoms with van der Waals surface area (Å²) in [5.41, 5.74) is 4.59. The Morgan fingerprint density at radius 3 is 2.26 bits per heavy atom. The van der Waals surface area contributed by atoms with Crippen molar-refractivity contribution in [3.63, 3.8) is 0 Å². The van der Waals surface area contributed by atoms with Gasteiger partial charge < -0.3 is 34.7 Å². The minimum Gasteiger partial charge on any atom is -0.453 e. The predicted octanol–water partition coefficient (Wildman–Crippen LogP) is 6.49. The topological polar surface area (TPSA) is 150 Å². The second-order valence-corrected chi connectivity index (χ2v) is 16.1. The first-order valence-electron chi connectivity index (χ1n) is 19.0. The summed E-state index contributed by atoms with van der Waals surface area (Å²) in [4.78, 5) is 55.6. The van der Waals surface area contributed by atoms with Crippen molar-refractivity contribution >= 4 is 23.9 Å². The normalized spacial score (nSPS) is 23.3. The number of amides is 3. The maximum absolute atomic E-state index is 13.7. The zero-order chi connectivity index (χ0) is 38.7. The first kappa shape index (κ1) is 38.8. The molecule has 54 heavy (non-hydrogen) atoms. The lowest BCUT2D eigenvalue weighted by molar-refractivity contribution is -0.136. The van der Waals surface area contributed by atoms with Gasteiger partial charge >= 0.3 is 12.2 Å². The first-order chi connectivity index (χ1) is 25.8. The van der Waals surface area contributed by atoms with Crippen LogP contribution in [0.15, 0.2) is 59.7 Å². The van der Waals surface area contributed by atoms with E-state index in [1.807, 2.05) is 52.6 Å². The van der Waals surface area contributed by atoms with Crippen LogP contribution >= 0.6 is 0 Å². The van der Waals surface area contributed by atoms with Crippen molar-refractivity contribution < 1.29 is 28.6 Å². The van der Waals surface area contributed by atoms with E-state index in [4.69, 9.17) is 24.2 Å². The zero-order valence-electron chi connectivity index (χ0n) is 32.7. The van der Waals surface area contributed by atoms with E-state index < -0.39 is 17.7 Å². The number of rotatable bonds is 10. The minimum absolute atomic E-state index is 0.00355. The number of likely N-dealkylation sites (tertiary alicyclic amines) is 2. The highest BCUT2D eigenvalue weighted by molar-refractivity contribution is 5.95. The highest BCUT2D eigenvalue weighted by Crippen LogP contribution is 2.37. The molecule has 1 unspecified atom stereocenters. The molecule has 2 saturated heterocycles. The van der Waals surface area contributed by atoms with Gasteiger partial charge in [0.1, 0.15) is 23.3 Å². The lowest BCUT2D eigenvalue weighted by atomic mass is 9.99. The molecule has 3 aliphatic rings.